The maximum absolute atomic E-state index is 13.4. The second kappa shape index (κ2) is 11.8. The van der Waals surface area contributed by atoms with Crippen LogP contribution in [0.2, 0.25) is 0 Å². The van der Waals surface area contributed by atoms with Crippen molar-refractivity contribution in [2.75, 3.05) is 42.8 Å². The summed E-state index contributed by atoms with van der Waals surface area (Å²) in [5.74, 6) is 2.68. The number of hydrogen-bond acceptors (Lipinski definition) is 10. The average Bonchev–Trinajstić information content (AvgIpc) is 3.36. The van der Waals surface area contributed by atoms with Crippen molar-refractivity contribution in [3.05, 3.63) is 46.4 Å². The molecule has 0 bridgehead atoms. The topological polar surface area (TPSA) is 150 Å². The number of anilines is 3. The number of rotatable bonds is 8. The number of amides is 2. The zero-order valence-corrected chi connectivity index (χ0v) is 22.5. The van der Waals surface area contributed by atoms with E-state index in [1.54, 1.807) is 20.3 Å². The number of urea groups is 1. The molecule has 2 fully saturated rings. The monoisotopic (exact) mass is 545 g/mol. The number of nitriles is 1. The quantitative estimate of drug-likeness (QED) is 0.374. The molecule has 208 valence electrons. The van der Waals surface area contributed by atoms with E-state index < -0.39 is 6.03 Å². The van der Waals surface area contributed by atoms with Gasteiger partial charge >= 0.3 is 6.03 Å². The van der Waals surface area contributed by atoms with E-state index in [9.17, 15) is 19.6 Å². The first kappa shape index (κ1) is 27.3. The number of aromatic nitrogens is 2. The van der Waals surface area contributed by atoms with Crippen LogP contribution < -0.4 is 15.5 Å². The molecule has 3 atom stereocenters. The molecule has 4 heterocycles. The number of aldehydes is 1. The van der Waals surface area contributed by atoms with Gasteiger partial charge in [0.05, 0.1) is 23.4 Å². The molecule has 1 aliphatic carbocycles. The van der Waals surface area contributed by atoms with Gasteiger partial charge in [-0.2, -0.15) is 5.26 Å². The highest BCUT2D eigenvalue weighted by Crippen LogP contribution is 2.32. The first-order chi connectivity index (χ1) is 19.5. The van der Waals surface area contributed by atoms with Crippen LogP contribution in [-0.2, 0) is 27.2 Å². The Morgan fingerprint density at radius 1 is 1.23 bits per heavy atom. The maximum atomic E-state index is 13.4. The van der Waals surface area contributed by atoms with E-state index >= 15 is 0 Å². The molecular formula is C28H31N7O5. The lowest BCUT2D eigenvalue weighted by atomic mass is 9.88. The smallest absolute Gasteiger partial charge is 0.328 e. The van der Waals surface area contributed by atoms with E-state index in [1.807, 2.05) is 16.9 Å². The van der Waals surface area contributed by atoms with Gasteiger partial charge in [0.25, 0.3) is 0 Å². The van der Waals surface area contributed by atoms with Gasteiger partial charge in [-0.05, 0) is 43.7 Å². The minimum absolute atomic E-state index is 0.0681. The molecule has 2 amide bonds. The Hall–Kier alpha value is -4.30. The largest absolute Gasteiger partial charge is 0.379 e. The Balaban J connectivity index is 1.35. The molecule has 0 unspecified atom stereocenters. The van der Waals surface area contributed by atoms with Crippen molar-refractivity contribution in [1.82, 2.24) is 14.9 Å². The fourth-order valence-corrected chi connectivity index (χ4v) is 5.47. The van der Waals surface area contributed by atoms with Crippen LogP contribution in [-0.4, -0.2) is 78.7 Å². The molecule has 0 aromatic carbocycles. The number of hydrogen-bond donors (Lipinski definition) is 2. The normalized spacial score (nSPS) is 21.6. The molecule has 40 heavy (non-hydrogen) atoms. The number of pyridine rings is 2. The second-order valence-corrected chi connectivity index (χ2v) is 10.1. The molecular weight excluding hydrogens is 514 g/mol. The second-order valence-electron chi connectivity index (χ2n) is 10.1. The SMILES string of the molecule is CO[C@H]1CC[C@@H]1Nc1cc(NC(=O)N2CCCc3cc(CN4CC[C@@H](OC)C4=C=O)c(C=O)nc32)ncc1C#N. The first-order valence-corrected chi connectivity index (χ1v) is 13.3. The van der Waals surface area contributed by atoms with Crippen LogP contribution >= 0.6 is 0 Å². The lowest BCUT2D eigenvalue weighted by molar-refractivity contribution is 0.0286. The number of ether oxygens (including phenoxy) is 2. The molecule has 12 nitrogen and oxygen atoms in total. The van der Waals surface area contributed by atoms with Gasteiger partial charge in [-0.1, -0.05) is 0 Å². The fourth-order valence-electron chi connectivity index (χ4n) is 5.47. The van der Waals surface area contributed by atoms with Gasteiger partial charge in [-0.25, -0.2) is 19.6 Å². The van der Waals surface area contributed by atoms with Crippen molar-refractivity contribution in [2.45, 2.75) is 56.9 Å². The number of aryl methyl sites for hydroxylation is 1. The van der Waals surface area contributed by atoms with E-state index in [-0.39, 0.29) is 29.8 Å². The number of nitrogens with one attached hydrogen (secondary N) is 2. The first-order valence-electron chi connectivity index (χ1n) is 13.3. The van der Waals surface area contributed by atoms with Gasteiger partial charge < -0.3 is 19.7 Å². The number of carbonyl (C=O) groups is 2. The summed E-state index contributed by atoms with van der Waals surface area (Å²) in [6.07, 6.45) is 5.78. The molecule has 2 aromatic rings. The molecule has 1 saturated heterocycles. The van der Waals surface area contributed by atoms with Crippen molar-refractivity contribution in [3.63, 3.8) is 0 Å². The number of likely N-dealkylation sites (tertiary alicyclic amines) is 1. The Kier molecular flexibility index (Phi) is 8.07. The predicted molar refractivity (Wildman–Crippen MR) is 146 cm³/mol. The summed E-state index contributed by atoms with van der Waals surface area (Å²) in [6.45, 7) is 1.34. The lowest BCUT2D eigenvalue weighted by Crippen LogP contribution is -2.44. The molecule has 3 aliphatic rings. The summed E-state index contributed by atoms with van der Waals surface area (Å²) in [6, 6.07) is 5.30. The van der Waals surface area contributed by atoms with Gasteiger partial charge in [0.2, 0.25) is 0 Å². The van der Waals surface area contributed by atoms with Crippen molar-refractivity contribution in [2.24, 2.45) is 0 Å². The molecule has 2 aromatic heterocycles. The van der Waals surface area contributed by atoms with Gasteiger partial charge in [0, 0.05) is 51.7 Å². The fraction of sp³-hybridized carbons (Fsp3) is 0.464. The van der Waals surface area contributed by atoms with Crippen LogP contribution in [0.3, 0.4) is 0 Å². The molecule has 5 rings (SSSR count). The van der Waals surface area contributed by atoms with Crippen LogP contribution in [0.1, 0.15) is 52.9 Å². The minimum atomic E-state index is -0.437. The van der Waals surface area contributed by atoms with Gasteiger partial charge in [0.15, 0.2) is 6.29 Å². The third-order valence-electron chi connectivity index (χ3n) is 7.80. The molecule has 2 N–H and O–H groups in total. The van der Waals surface area contributed by atoms with Crippen molar-refractivity contribution in [3.8, 4) is 6.07 Å². The van der Waals surface area contributed by atoms with Gasteiger partial charge in [0.1, 0.15) is 41.1 Å². The summed E-state index contributed by atoms with van der Waals surface area (Å²) in [7, 11) is 3.21. The average molecular weight is 546 g/mol. The Morgan fingerprint density at radius 3 is 2.75 bits per heavy atom. The highest BCUT2D eigenvalue weighted by atomic mass is 16.5. The Bertz CT molecular complexity index is 1400. The highest BCUT2D eigenvalue weighted by molar-refractivity contribution is 6.01. The van der Waals surface area contributed by atoms with E-state index in [0.29, 0.717) is 73.5 Å². The Morgan fingerprint density at radius 2 is 2.08 bits per heavy atom. The molecule has 0 radical (unpaired) electrons. The Labute approximate surface area is 232 Å². The molecule has 1 saturated carbocycles. The van der Waals surface area contributed by atoms with E-state index in [4.69, 9.17) is 9.47 Å². The summed E-state index contributed by atoms with van der Waals surface area (Å²) in [5.41, 5.74) is 3.10. The van der Waals surface area contributed by atoms with Crippen LogP contribution in [0.5, 0.6) is 0 Å². The van der Waals surface area contributed by atoms with Crippen molar-refractivity contribution in [1.29, 1.82) is 5.26 Å². The summed E-state index contributed by atoms with van der Waals surface area (Å²) in [4.78, 5) is 49.1. The molecule has 0 spiro atoms. The van der Waals surface area contributed by atoms with Crippen LogP contribution in [0.25, 0.3) is 0 Å². The zero-order valence-electron chi connectivity index (χ0n) is 22.5. The van der Waals surface area contributed by atoms with Crippen molar-refractivity contribution >= 4 is 35.6 Å². The maximum Gasteiger partial charge on any atom is 0.328 e. The highest BCUT2D eigenvalue weighted by Gasteiger charge is 2.33. The molecule has 12 heteroatoms. The zero-order chi connectivity index (χ0) is 28.2. The third kappa shape index (κ3) is 5.27. The minimum Gasteiger partial charge on any atom is -0.379 e. The summed E-state index contributed by atoms with van der Waals surface area (Å²) in [5, 5.41) is 15.7. The van der Waals surface area contributed by atoms with Crippen LogP contribution in [0.4, 0.5) is 22.1 Å². The van der Waals surface area contributed by atoms with Crippen LogP contribution in [0, 0.1) is 11.3 Å². The van der Waals surface area contributed by atoms with Gasteiger partial charge in [-0.3, -0.25) is 15.0 Å². The number of nitrogens with zero attached hydrogens (tertiary/aromatic N) is 5. The number of carbonyl (C=O) groups excluding carboxylic acids is 3. The van der Waals surface area contributed by atoms with Gasteiger partial charge in [-0.15, -0.1) is 0 Å². The summed E-state index contributed by atoms with van der Waals surface area (Å²) < 4.78 is 10.8. The third-order valence-corrected chi connectivity index (χ3v) is 7.80. The standard InChI is InChI=1S/C28H31N7O5/c1-39-24-6-5-20(24)31-21-11-26(30-13-19(21)12-29)33-28(38)35-8-3-4-17-10-18(22(15-36)32-27(17)35)14-34-9-7-25(40-2)23(34)16-37/h10-11,13,15,20,24-25H,3-9,14H2,1-2H3,(H2,30,31,33,38)/t20-,24-,25+/m0/s1. The summed E-state index contributed by atoms with van der Waals surface area (Å²) >= 11 is 0. The molecule has 2 aliphatic heterocycles. The van der Waals surface area contributed by atoms with Crippen molar-refractivity contribution < 1.29 is 23.9 Å². The van der Waals surface area contributed by atoms with Crippen LogP contribution in [0.15, 0.2) is 24.0 Å². The number of methoxy groups -OCH3 is 2. The lowest BCUT2D eigenvalue weighted by Gasteiger charge is -2.36. The van der Waals surface area contributed by atoms with E-state index in [2.05, 4.69) is 26.7 Å². The van der Waals surface area contributed by atoms with E-state index in [0.717, 1.165) is 18.4 Å². The number of fused-ring (bicyclic) bond motifs is 1. The predicted octanol–water partition coefficient (Wildman–Crippen LogP) is 2.67. The van der Waals surface area contributed by atoms with E-state index in [1.165, 1.54) is 11.1 Å².